The summed E-state index contributed by atoms with van der Waals surface area (Å²) in [7, 11) is 0. The summed E-state index contributed by atoms with van der Waals surface area (Å²) in [4.78, 5) is 31.0. The third kappa shape index (κ3) is 4.19. The van der Waals surface area contributed by atoms with E-state index in [1.54, 1.807) is 4.90 Å². The van der Waals surface area contributed by atoms with Crippen LogP contribution in [0.4, 0.5) is 4.39 Å². The van der Waals surface area contributed by atoms with Gasteiger partial charge in [-0.3, -0.25) is 14.5 Å². The van der Waals surface area contributed by atoms with Crippen LogP contribution in [0.5, 0.6) is 5.75 Å². The largest absolute Gasteiger partial charge is 0.494 e. The number of amides is 1. The molecule has 34 heavy (non-hydrogen) atoms. The topological polar surface area (TPSA) is 72.2 Å². The second-order valence-corrected chi connectivity index (χ2v) is 8.53. The number of hydrogen-bond donors (Lipinski definition) is 0. The van der Waals surface area contributed by atoms with Crippen molar-refractivity contribution in [1.82, 2.24) is 9.80 Å². The number of ether oxygens (including phenoxy) is 2. The quantitative estimate of drug-likeness (QED) is 0.530. The van der Waals surface area contributed by atoms with Crippen molar-refractivity contribution in [3.05, 3.63) is 75.4 Å². The highest BCUT2D eigenvalue weighted by molar-refractivity contribution is 5.99. The molecule has 5 rings (SSSR count). The van der Waals surface area contributed by atoms with Crippen LogP contribution < -0.4 is 10.2 Å². The Kier molecular flexibility index (Phi) is 6.34. The van der Waals surface area contributed by atoms with Gasteiger partial charge in [-0.15, -0.1) is 0 Å². The third-order valence-electron chi connectivity index (χ3n) is 6.39. The van der Waals surface area contributed by atoms with Crippen molar-refractivity contribution in [3.63, 3.8) is 0 Å². The Labute approximate surface area is 196 Å². The number of benzene rings is 2. The lowest BCUT2D eigenvalue weighted by atomic mass is 9.98. The number of rotatable bonds is 7. The van der Waals surface area contributed by atoms with E-state index in [1.165, 1.54) is 18.2 Å². The predicted molar refractivity (Wildman–Crippen MR) is 125 cm³/mol. The fourth-order valence-corrected chi connectivity index (χ4v) is 4.80. The van der Waals surface area contributed by atoms with Crippen LogP contribution >= 0.6 is 0 Å². The Morgan fingerprint density at radius 3 is 2.71 bits per heavy atom. The van der Waals surface area contributed by atoms with Gasteiger partial charge in [0.1, 0.15) is 17.1 Å². The van der Waals surface area contributed by atoms with Gasteiger partial charge in [-0.1, -0.05) is 12.1 Å². The number of hydrogen-bond acceptors (Lipinski definition) is 6. The molecule has 0 aliphatic carbocycles. The van der Waals surface area contributed by atoms with Gasteiger partial charge in [0.2, 0.25) is 5.76 Å². The molecule has 0 unspecified atom stereocenters. The van der Waals surface area contributed by atoms with E-state index in [0.717, 1.165) is 31.6 Å². The minimum Gasteiger partial charge on any atom is -0.494 e. The fraction of sp³-hybridized carbons (Fsp3) is 0.385. The van der Waals surface area contributed by atoms with Crippen molar-refractivity contribution >= 4 is 16.9 Å². The molecule has 178 valence electrons. The summed E-state index contributed by atoms with van der Waals surface area (Å²) in [6.45, 7) is 6.83. The Morgan fingerprint density at radius 2 is 1.91 bits per heavy atom. The molecule has 3 heterocycles. The standard InChI is InChI=1S/C26H27FN2O5/c1-2-33-19-6-3-5-17(15-19)23-22-24(30)20-16-18(27)7-8-21(20)34-25(22)26(31)29(23)10-4-9-28-11-13-32-14-12-28/h3,5-8,15-16,23H,2,4,9-14H2,1H3/t23-/m1/s1. The highest BCUT2D eigenvalue weighted by atomic mass is 19.1. The molecule has 2 aliphatic rings. The summed E-state index contributed by atoms with van der Waals surface area (Å²) in [6, 6.07) is 10.6. The molecule has 1 saturated heterocycles. The van der Waals surface area contributed by atoms with E-state index in [9.17, 15) is 14.0 Å². The lowest BCUT2D eigenvalue weighted by Crippen LogP contribution is -2.38. The molecule has 1 aromatic heterocycles. The van der Waals surface area contributed by atoms with Crippen molar-refractivity contribution in [3.8, 4) is 5.75 Å². The second-order valence-electron chi connectivity index (χ2n) is 8.53. The van der Waals surface area contributed by atoms with Gasteiger partial charge in [0.25, 0.3) is 5.91 Å². The molecular weight excluding hydrogens is 439 g/mol. The molecule has 0 spiro atoms. The van der Waals surface area contributed by atoms with Crippen LogP contribution in [0.25, 0.3) is 11.0 Å². The first-order valence-corrected chi connectivity index (χ1v) is 11.7. The zero-order chi connectivity index (χ0) is 23.7. The number of halogens is 1. The van der Waals surface area contributed by atoms with Crippen molar-refractivity contribution in [1.29, 1.82) is 0 Å². The van der Waals surface area contributed by atoms with Gasteiger partial charge in [-0.25, -0.2) is 4.39 Å². The Morgan fingerprint density at radius 1 is 1.09 bits per heavy atom. The Bertz CT molecular complexity index is 1270. The summed E-state index contributed by atoms with van der Waals surface area (Å²) < 4.78 is 30.9. The van der Waals surface area contributed by atoms with E-state index in [-0.39, 0.29) is 33.6 Å². The van der Waals surface area contributed by atoms with Gasteiger partial charge in [-0.2, -0.15) is 0 Å². The maximum absolute atomic E-state index is 13.9. The average molecular weight is 467 g/mol. The zero-order valence-electron chi connectivity index (χ0n) is 19.1. The van der Waals surface area contributed by atoms with E-state index in [2.05, 4.69) is 4.90 Å². The molecule has 1 atom stereocenters. The van der Waals surface area contributed by atoms with Crippen molar-refractivity contribution in [2.75, 3.05) is 46.0 Å². The molecule has 8 heteroatoms. The van der Waals surface area contributed by atoms with E-state index >= 15 is 0 Å². The number of carbonyl (C=O) groups excluding carboxylic acids is 1. The van der Waals surface area contributed by atoms with E-state index in [1.807, 2.05) is 31.2 Å². The monoisotopic (exact) mass is 466 g/mol. The zero-order valence-corrected chi connectivity index (χ0v) is 19.1. The van der Waals surface area contributed by atoms with Crippen LogP contribution in [0.3, 0.4) is 0 Å². The number of carbonyl (C=O) groups is 1. The van der Waals surface area contributed by atoms with Crippen molar-refractivity contribution < 1.29 is 23.1 Å². The molecule has 2 aliphatic heterocycles. The minimum atomic E-state index is -0.628. The molecular formula is C26H27FN2O5. The number of fused-ring (bicyclic) bond motifs is 2. The van der Waals surface area contributed by atoms with Gasteiger partial charge in [0.05, 0.1) is 36.8 Å². The molecule has 0 N–H and O–H groups in total. The Hall–Kier alpha value is -3.23. The predicted octanol–water partition coefficient (Wildman–Crippen LogP) is 3.60. The molecule has 2 aromatic carbocycles. The highest BCUT2D eigenvalue weighted by Gasteiger charge is 2.42. The normalized spacial score (nSPS) is 18.5. The summed E-state index contributed by atoms with van der Waals surface area (Å²) in [5, 5.41) is 0.132. The van der Waals surface area contributed by atoms with Gasteiger partial charge in [-0.05, 0) is 49.2 Å². The molecule has 7 nitrogen and oxygen atoms in total. The maximum atomic E-state index is 13.9. The summed E-state index contributed by atoms with van der Waals surface area (Å²) in [6.07, 6.45) is 0.740. The minimum absolute atomic E-state index is 0.0299. The van der Waals surface area contributed by atoms with Gasteiger partial charge in [0, 0.05) is 26.2 Å². The summed E-state index contributed by atoms with van der Waals surface area (Å²) >= 11 is 0. The molecule has 0 radical (unpaired) electrons. The SMILES string of the molecule is CCOc1cccc([C@@H]2c3c(oc4ccc(F)cc4c3=O)C(=O)N2CCCN2CCOCC2)c1. The summed E-state index contributed by atoms with van der Waals surface area (Å²) in [5.74, 6) is -0.166. The third-order valence-corrected chi connectivity index (χ3v) is 6.39. The molecule has 0 saturated carbocycles. The molecule has 0 bridgehead atoms. The van der Waals surface area contributed by atoms with Crippen LogP contribution in [0.2, 0.25) is 0 Å². The first-order valence-electron chi connectivity index (χ1n) is 11.7. The van der Waals surface area contributed by atoms with Crippen LogP contribution in [0, 0.1) is 5.82 Å². The lowest BCUT2D eigenvalue weighted by molar-refractivity contribution is 0.0353. The summed E-state index contributed by atoms with van der Waals surface area (Å²) in [5.41, 5.74) is 0.831. The van der Waals surface area contributed by atoms with Crippen LogP contribution in [0.1, 0.15) is 41.1 Å². The fourth-order valence-electron chi connectivity index (χ4n) is 4.80. The van der Waals surface area contributed by atoms with Crippen LogP contribution in [0.15, 0.2) is 51.7 Å². The molecule has 1 amide bonds. The first kappa shape index (κ1) is 22.6. The lowest BCUT2D eigenvalue weighted by Gasteiger charge is -2.29. The molecule has 1 fully saturated rings. The van der Waals surface area contributed by atoms with E-state index < -0.39 is 11.9 Å². The highest BCUT2D eigenvalue weighted by Crippen LogP contribution is 2.39. The van der Waals surface area contributed by atoms with Gasteiger partial charge >= 0.3 is 0 Å². The van der Waals surface area contributed by atoms with Crippen LogP contribution in [-0.4, -0.2) is 61.7 Å². The van der Waals surface area contributed by atoms with Crippen molar-refractivity contribution in [2.24, 2.45) is 0 Å². The molecule has 3 aromatic rings. The number of morpholine rings is 1. The second kappa shape index (κ2) is 9.56. The van der Waals surface area contributed by atoms with Crippen LogP contribution in [-0.2, 0) is 4.74 Å². The van der Waals surface area contributed by atoms with E-state index in [0.29, 0.717) is 32.1 Å². The van der Waals surface area contributed by atoms with E-state index in [4.69, 9.17) is 13.9 Å². The Balaban J connectivity index is 1.54. The van der Waals surface area contributed by atoms with Crippen molar-refractivity contribution in [2.45, 2.75) is 19.4 Å². The number of nitrogens with zero attached hydrogens (tertiary/aromatic N) is 2. The smallest absolute Gasteiger partial charge is 0.290 e. The van der Waals surface area contributed by atoms with Gasteiger partial charge < -0.3 is 18.8 Å². The maximum Gasteiger partial charge on any atom is 0.290 e. The average Bonchev–Trinajstić information content (AvgIpc) is 3.13. The first-order chi connectivity index (χ1) is 16.6. The van der Waals surface area contributed by atoms with Gasteiger partial charge in [0.15, 0.2) is 5.43 Å².